The predicted octanol–water partition coefficient (Wildman–Crippen LogP) is 2.47. The molecule has 0 saturated heterocycles. The van der Waals surface area contributed by atoms with E-state index in [1.807, 2.05) is 19.1 Å². The lowest BCUT2D eigenvalue weighted by atomic mass is 9.90. The van der Waals surface area contributed by atoms with Gasteiger partial charge in [0.05, 0.1) is 0 Å². The molecule has 0 atom stereocenters. The SMILES string of the molecule is Cc1c(Br)cccc1NC(=O)C(C)(C)/C(N)=N/O. The summed E-state index contributed by atoms with van der Waals surface area (Å²) in [6.45, 7) is 5.06. The molecule has 0 saturated carbocycles. The first kappa shape index (κ1) is 14.5. The molecular weight excluding hydrogens is 298 g/mol. The third-order valence-electron chi connectivity index (χ3n) is 2.83. The lowest BCUT2D eigenvalue weighted by Crippen LogP contribution is -2.42. The van der Waals surface area contributed by atoms with E-state index in [0.717, 1.165) is 10.0 Å². The number of halogens is 1. The molecule has 0 radical (unpaired) electrons. The number of rotatable bonds is 3. The Morgan fingerprint density at radius 3 is 2.67 bits per heavy atom. The molecule has 4 N–H and O–H groups in total. The maximum absolute atomic E-state index is 12.1. The Hall–Kier alpha value is -1.56. The number of oxime groups is 1. The smallest absolute Gasteiger partial charge is 0.237 e. The van der Waals surface area contributed by atoms with E-state index in [1.54, 1.807) is 19.9 Å². The van der Waals surface area contributed by atoms with E-state index in [4.69, 9.17) is 10.9 Å². The normalized spacial score (nSPS) is 12.3. The molecule has 0 fully saturated rings. The summed E-state index contributed by atoms with van der Waals surface area (Å²) in [5.41, 5.74) is 6.03. The van der Waals surface area contributed by atoms with Gasteiger partial charge in [-0.2, -0.15) is 0 Å². The second-order valence-corrected chi connectivity index (χ2v) is 5.33. The Balaban J connectivity index is 2.99. The Morgan fingerprint density at radius 2 is 2.11 bits per heavy atom. The maximum atomic E-state index is 12.1. The molecule has 0 aliphatic heterocycles. The van der Waals surface area contributed by atoms with Crippen molar-refractivity contribution in [3.63, 3.8) is 0 Å². The van der Waals surface area contributed by atoms with Gasteiger partial charge in [-0.3, -0.25) is 4.79 Å². The first-order valence-corrected chi connectivity index (χ1v) is 6.14. The summed E-state index contributed by atoms with van der Waals surface area (Å²) in [5, 5.41) is 14.3. The van der Waals surface area contributed by atoms with Gasteiger partial charge in [-0.25, -0.2) is 0 Å². The van der Waals surface area contributed by atoms with E-state index < -0.39 is 5.41 Å². The molecule has 98 valence electrons. The fraction of sp³-hybridized carbons (Fsp3) is 0.333. The van der Waals surface area contributed by atoms with Crippen molar-refractivity contribution in [3.8, 4) is 0 Å². The minimum Gasteiger partial charge on any atom is -0.409 e. The predicted molar refractivity (Wildman–Crippen MR) is 74.7 cm³/mol. The molecule has 0 unspecified atom stereocenters. The Morgan fingerprint density at radius 1 is 1.50 bits per heavy atom. The number of carbonyl (C=O) groups is 1. The monoisotopic (exact) mass is 313 g/mol. The molecule has 0 aliphatic carbocycles. The van der Waals surface area contributed by atoms with Crippen molar-refractivity contribution in [2.24, 2.45) is 16.3 Å². The fourth-order valence-electron chi connectivity index (χ4n) is 1.26. The van der Waals surface area contributed by atoms with Crippen molar-refractivity contribution in [2.75, 3.05) is 5.32 Å². The largest absolute Gasteiger partial charge is 0.409 e. The van der Waals surface area contributed by atoms with Crippen LogP contribution < -0.4 is 11.1 Å². The molecule has 0 aromatic heterocycles. The first-order chi connectivity index (χ1) is 8.30. The van der Waals surface area contributed by atoms with Crippen LogP contribution in [-0.4, -0.2) is 17.0 Å². The topological polar surface area (TPSA) is 87.7 Å². The van der Waals surface area contributed by atoms with Gasteiger partial charge in [0.2, 0.25) is 5.91 Å². The second kappa shape index (κ2) is 5.39. The molecule has 1 amide bonds. The molecule has 18 heavy (non-hydrogen) atoms. The van der Waals surface area contributed by atoms with E-state index in [1.165, 1.54) is 0 Å². The number of hydrogen-bond donors (Lipinski definition) is 3. The molecule has 1 aromatic carbocycles. The van der Waals surface area contributed by atoms with Crippen molar-refractivity contribution < 1.29 is 10.0 Å². The molecule has 0 heterocycles. The lowest BCUT2D eigenvalue weighted by molar-refractivity contribution is -0.121. The van der Waals surface area contributed by atoms with Gasteiger partial charge in [0.25, 0.3) is 0 Å². The lowest BCUT2D eigenvalue weighted by Gasteiger charge is -2.22. The van der Waals surface area contributed by atoms with Crippen molar-refractivity contribution in [1.82, 2.24) is 0 Å². The first-order valence-electron chi connectivity index (χ1n) is 5.35. The summed E-state index contributed by atoms with van der Waals surface area (Å²) in [7, 11) is 0. The highest BCUT2D eigenvalue weighted by Gasteiger charge is 2.33. The Bertz CT molecular complexity index is 498. The molecule has 1 rings (SSSR count). The standard InChI is InChI=1S/C12H16BrN3O2/c1-7-8(13)5-4-6-9(7)15-11(17)12(2,3)10(14)16-18/h4-6,18H,1-3H3,(H2,14,16)(H,15,17). The van der Waals surface area contributed by atoms with Crippen LogP contribution >= 0.6 is 15.9 Å². The van der Waals surface area contributed by atoms with Gasteiger partial charge in [-0.15, -0.1) is 0 Å². The van der Waals surface area contributed by atoms with Crippen LogP contribution in [0, 0.1) is 12.3 Å². The second-order valence-electron chi connectivity index (χ2n) is 4.48. The number of nitrogens with two attached hydrogens (primary N) is 1. The van der Waals surface area contributed by atoms with Gasteiger partial charge in [0.1, 0.15) is 5.41 Å². The third kappa shape index (κ3) is 2.81. The van der Waals surface area contributed by atoms with Crippen LogP contribution in [0.2, 0.25) is 0 Å². The summed E-state index contributed by atoms with van der Waals surface area (Å²) >= 11 is 3.39. The minimum absolute atomic E-state index is 0.132. The number of nitrogens with one attached hydrogen (secondary N) is 1. The molecular formula is C12H16BrN3O2. The summed E-state index contributed by atoms with van der Waals surface area (Å²) in [6, 6.07) is 5.50. The number of anilines is 1. The number of benzene rings is 1. The van der Waals surface area contributed by atoms with Crippen LogP contribution in [0.3, 0.4) is 0 Å². The zero-order valence-corrected chi connectivity index (χ0v) is 12.1. The summed E-state index contributed by atoms with van der Waals surface area (Å²) in [6.07, 6.45) is 0. The van der Waals surface area contributed by atoms with Gasteiger partial charge >= 0.3 is 0 Å². The molecule has 6 heteroatoms. The van der Waals surface area contributed by atoms with E-state index in [0.29, 0.717) is 5.69 Å². The van der Waals surface area contributed by atoms with Crippen LogP contribution in [0.1, 0.15) is 19.4 Å². The van der Waals surface area contributed by atoms with Gasteiger partial charge in [-0.1, -0.05) is 27.2 Å². The molecule has 0 aliphatic rings. The van der Waals surface area contributed by atoms with Crippen LogP contribution in [0.25, 0.3) is 0 Å². The van der Waals surface area contributed by atoms with E-state index in [9.17, 15) is 4.79 Å². The minimum atomic E-state index is -1.08. The van der Waals surface area contributed by atoms with E-state index in [2.05, 4.69) is 26.4 Å². The number of carbonyl (C=O) groups excluding carboxylic acids is 1. The van der Waals surface area contributed by atoms with E-state index >= 15 is 0 Å². The average Bonchev–Trinajstić information content (AvgIpc) is 2.33. The molecule has 5 nitrogen and oxygen atoms in total. The van der Waals surface area contributed by atoms with Crippen LogP contribution in [0.15, 0.2) is 27.8 Å². The number of hydrogen-bond acceptors (Lipinski definition) is 3. The zero-order chi connectivity index (χ0) is 13.9. The maximum Gasteiger partial charge on any atom is 0.237 e. The van der Waals surface area contributed by atoms with Crippen molar-refractivity contribution in [3.05, 3.63) is 28.2 Å². The van der Waals surface area contributed by atoms with Crippen molar-refractivity contribution in [2.45, 2.75) is 20.8 Å². The van der Waals surface area contributed by atoms with Crippen LogP contribution in [0.4, 0.5) is 5.69 Å². The van der Waals surface area contributed by atoms with Crippen LogP contribution in [-0.2, 0) is 4.79 Å². The summed E-state index contributed by atoms with van der Waals surface area (Å²) in [4.78, 5) is 12.1. The molecule has 1 aromatic rings. The highest BCUT2D eigenvalue weighted by atomic mass is 79.9. The zero-order valence-electron chi connectivity index (χ0n) is 10.5. The average molecular weight is 314 g/mol. The van der Waals surface area contributed by atoms with Crippen molar-refractivity contribution in [1.29, 1.82) is 0 Å². The highest BCUT2D eigenvalue weighted by molar-refractivity contribution is 9.10. The fourth-order valence-corrected chi connectivity index (χ4v) is 1.63. The van der Waals surface area contributed by atoms with Gasteiger partial charge in [-0.05, 0) is 38.5 Å². The van der Waals surface area contributed by atoms with E-state index in [-0.39, 0.29) is 11.7 Å². The Labute approximate surface area is 114 Å². The highest BCUT2D eigenvalue weighted by Crippen LogP contribution is 2.25. The van der Waals surface area contributed by atoms with Gasteiger partial charge < -0.3 is 16.3 Å². The summed E-state index contributed by atoms with van der Waals surface area (Å²) in [5.74, 6) is -0.466. The summed E-state index contributed by atoms with van der Waals surface area (Å²) < 4.78 is 0.905. The molecule has 0 bridgehead atoms. The number of amides is 1. The van der Waals surface area contributed by atoms with Crippen molar-refractivity contribution >= 4 is 33.4 Å². The quantitative estimate of drug-likeness (QED) is 0.347. The molecule has 0 spiro atoms. The Kier molecular flexibility index (Phi) is 4.34. The van der Waals surface area contributed by atoms with Gasteiger partial charge in [0, 0.05) is 10.2 Å². The number of amidine groups is 1. The van der Waals surface area contributed by atoms with Crippen LogP contribution in [0.5, 0.6) is 0 Å². The third-order valence-corrected chi connectivity index (χ3v) is 3.69. The van der Waals surface area contributed by atoms with Gasteiger partial charge in [0.15, 0.2) is 5.84 Å². The number of nitrogens with zero attached hydrogens (tertiary/aromatic N) is 1.